The topological polar surface area (TPSA) is 64.8 Å². The summed E-state index contributed by atoms with van der Waals surface area (Å²) in [6, 6.07) is 5.05. The van der Waals surface area contributed by atoms with E-state index in [4.69, 9.17) is 15.2 Å². The third kappa shape index (κ3) is 3.36. The summed E-state index contributed by atoms with van der Waals surface area (Å²) >= 11 is 0. The lowest BCUT2D eigenvalue weighted by Crippen LogP contribution is -2.39. The van der Waals surface area contributed by atoms with Crippen LogP contribution < -0.4 is 10.5 Å². The number of nitrogens with two attached hydrogens (primary N) is 1. The van der Waals surface area contributed by atoms with E-state index in [-0.39, 0.29) is 11.5 Å². The molecule has 3 atom stereocenters. The molecule has 0 radical (unpaired) electrons. The molecule has 1 aromatic carbocycles. The SMILES string of the molecule is CCCOc1cc(C(=O)OCC2(N(C)C)C(C)C2CC)ccc1N. The summed E-state index contributed by atoms with van der Waals surface area (Å²) < 4.78 is 11.2. The highest BCUT2D eigenvalue weighted by atomic mass is 16.5. The predicted molar refractivity (Wildman–Crippen MR) is 96.3 cm³/mol. The minimum Gasteiger partial charge on any atom is -0.491 e. The molecule has 0 amide bonds. The van der Waals surface area contributed by atoms with Crippen LogP contribution in [0, 0.1) is 11.8 Å². The summed E-state index contributed by atoms with van der Waals surface area (Å²) in [5.41, 5.74) is 6.86. The van der Waals surface area contributed by atoms with Crippen molar-refractivity contribution in [3.05, 3.63) is 23.8 Å². The highest BCUT2D eigenvalue weighted by Gasteiger charge is 2.63. The average Bonchev–Trinajstić information content (AvgIpc) is 3.16. The summed E-state index contributed by atoms with van der Waals surface area (Å²) in [4.78, 5) is 14.6. The molecule has 0 saturated heterocycles. The number of rotatable bonds is 8. The Kier molecular flexibility index (Phi) is 5.75. The summed E-state index contributed by atoms with van der Waals surface area (Å²) in [6.07, 6.45) is 1.98. The molecule has 2 rings (SSSR count). The number of ether oxygens (including phenoxy) is 2. The van der Waals surface area contributed by atoms with Crippen LogP contribution in [-0.2, 0) is 4.74 Å². The van der Waals surface area contributed by atoms with Gasteiger partial charge in [0.2, 0.25) is 0 Å². The molecule has 5 heteroatoms. The third-order valence-corrected chi connectivity index (χ3v) is 5.34. The molecule has 1 aromatic rings. The molecule has 1 fully saturated rings. The van der Waals surface area contributed by atoms with E-state index in [0.717, 1.165) is 12.8 Å². The molecule has 0 bridgehead atoms. The molecule has 1 aliphatic carbocycles. The first-order chi connectivity index (χ1) is 11.4. The molecule has 1 aliphatic rings. The van der Waals surface area contributed by atoms with Crippen molar-refractivity contribution < 1.29 is 14.3 Å². The minimum atomic E-state index is -0.327. The van der Waals surface area contributed by atoms with Crippen molar-refractivity contribution in [1.82, 2.24) is 4.90 Å². The van der Waals surface area contributed by atoms with Crippen LogP contribution in [0.15, 0.2) is 18.2 Å². The molecule has 0 aliphatic heterocycles. The van der Waals surface area contributed by atoms with Crippen LogP contribution in [0.1, 0.15) is 44.0 Å². The maximum atomic E-state index is 12.4. The van der Waals surface area contributed by atoms with Crippen LogP contribution >= 0.6 is 0 Å². The van der Waals surface area contributed by atoms with Crippen LogP contribution in [0.2, 0.25) is 0 Å². The van der Waals surface area contributed by atoms with Gasteiger partial charge in [-0.05, 0) is 50.6 Å². The molecule has 1 saturated carbocycles. The molecule has 5 nitrogen and oxygen atoms in total. The Bertz CT molecular complexity index is 588. The van der Waals surface area contributed by atoms with E-state index in [2.05, 4.69) is 32.8 Å². The number of anilines is 1. The second-order valence-corrected chi connectivity index (χ2v) is 6.87. The standard InChI is InChI=1S/C19H30N2O3/c1-6-10-23-17-11-14(8-9-16(17)20)18(22)24-12-19(21(4)5)13(3)15(19)7-2/h8-9,11,13,15H,6-7,10,12,20H2,1-5H3. The van der Waals surface area contributed by atoms with Crippen molar-refractivity contribution in [3.8, 4) is 5.75 Å². The zero-order valence-corrected chi connectivity index (χ0v) is 15.5. The van der Waals surface area contributed by atoms with E-state index >= 15 is 0 Å². The molecule has 0 heterocycles. The first-order valence-electron chi connectivity index (χ1n) is 8.75. The fourth-order valence-electron chi connectivity index (χ4n) is 3.78. The van der Waals surface area contributed by atoms with Crippen LogP contribution in [0.5, 0.6) is 5.75 Å². The first kappa shape index (κ1) is 18.6. The van der Waals surface area contributed by atoms with Crippen molar-refractivity contribution in [3.63, 3.8) is 0 Å². The van der Waals surface area contributed by atoms with E-state index in [1.165, 1.54) is 0 Å². The van der Waals surface area contributed by atoms with Crippen molar-refractivity contribution in [2.75, 3.05) is 33.0 Å². The zero-order valence-electron chi connectivity index (χ0n) is 15.5. The molecule has 0 aromatic heterocycles. The third-order valence-electron chi connectivity index (χ3n) is 5.34. The Morgan fingerprint density at radius 3 is 2.58 bits per heavy atom. The van der Waals surface area contributed by atoms with Gasteiger partial charge in [-0.15, -0.1) is 0 Å². The quantitative estimate of drug-likeness (QED) is 0.584. The van der Waals surface area contributed by atoms with Crippen molar-refractivity contribution in [1.29, 1.82) is 0 Å². The van der Waals surface area contributed by atoms with Gasteiger partial charge in [-0.25, -0.2) is 4.79 Å². The van der Waals surface area contributed by atoms with Gasteiger partial charge in [0.15, 0.2) is 0 Å². The number of carbonyl (C=O) groups is 1. The number of carbonyl (C=O) groups excluding carboxylic acids is 1. The van der Waals surface area contributed by atoms with Crippen LogP contribution in [0.4, 0.5) is 5.69 Å². The number of esters is 1. The lowest BCUT2D eigenvalue weighted by atomic mass is 10.1. The number of likely N-dealkylation sites (N-methyl/N-ethyl adjacent to an activating group) is 1. The second kappa shape index (κ2) is 7.43. The monoisotopic (exact) mass is 334 g/mol. The smallest absolute Gasteiger partial charge is 0.338 e. The number of nitrogen functional groups attached to an aromatic ring is 1. The van der Waals surface area contributed by atoms with Gasteiger partial charge in [-0.2, -0.15) is 0 Å². The van der Waals surface area contributed by atoms with Crippen LogP contribution in [0.3, 0.4) is 0 Å². The van der Waals surface area contributed by atoms with Gasteiger partial charge >= 0.3 is 5.97 Å². The molecular weight excluding hydrogens is 304 g/mol. The van der Waals surface area contributed by atoms with Gasteiger partial charge in [0.1, 0.15) is 12.4 Å². The fourth-order valence-corrected chi connectivity index (χ4v) is 3.78. The summed E-state index contributed by atoms with van der Waals surface area (Å²) in [5, 5.41) is 0. The molecule has 2 N–H and O–H groups in total. The summed E-state index contributed by atoms with van der Waals surface area (Å²) in [6.45, 7) is 7.42. The van der Waals surface area contributed by atoms with E-state index in [1.54, 1.807) is 18.2 Å². The van der Waals surface area contributed by atoms with E-state index in [0.29, 0.717) is 42.0 Å². The van der Waals surface area contributed by atoms with E-state index < -0.39 is 0 Å². The van der Waals surface area contributed by atoms with Gasteiger partial charge in [-0.1, -0.05) is 27.2 Å². The molecule has 134 valence electrons. The van der Waals surface area contributed by atoms with E-state index in [9.17, 15) is 4.79 Å². The maximum Gasteiger partial charge on any atom is 0.338 e. The number of nitrogens with zero attached hydrogens (tertiary/aromatic N) is 1. The Hall–Kier alpha value is -1.75. The van der Waals surface area contributed by atoms with Gasteiger partial charge in [0.25, 0.3) is 0 Å². The van der Waals surface area contributed by atoms with Gasteiger partial charge in [0.05, 0.1) is 23.4 Å². The number of hydrogen-bond donors (Lipinski definition) is 1. The highest BCUT2D eigenvalue weighted by Crippen LogP contribution is 2.55. The highest BCUT2D eigenvalue weighted by molar-refractivity contribution is 5.90. The lowest BCUT2D eigenvalue weighted by Gasteiger charge is -2.26. The Morgan fingerprint density at radius 1 is 1.33 bits per heavy atom. The first-order valence-corrected chi connectivity index (χ1v) is 8.75. The molecule has 0 spiro atoms. The largest absolute Gasteiger partial charge is 0.491 e. The summed E-state index contributed by atoms with van der Waals surface area (Å²) in [5.74, 6) is 1.31. The van der Waals surface area contributed by atoms with Crippen molar-refractivity contribution >= 4 is 11.7 Å². The minimum absolute atomic E-state index is 0.0419. The van der Waals surface area contributed by atoms with Gasteiger partial charge in [0, 0.05) is 0 Å². The molecule has 24 heavy (non-hydrogen) atoms. The predicted octanol–water partition coefficient (Wildman–Crippen LogP) is 3.19. The Balaban J connectivity index is 2.05. The summed E-state index contributed by atoms with van der Waals surface area (Å²) in [7, 11) is 4.11. The van der Waals surface area contributed by atoms with Crippen molar-refractivity contribution in [2.45, 2.75) is 39.2 Å². The van der Waals surface area contributed by atoms with Gasteiger partial charge < -0.3 is 20.1 Å². The van der Waals surface area contributed by atoms with Gasteiger partial charge in [-0.3, -0.25) is 0 Å². The number of benzene rings is 1. The van der Waals surface area contributed by atoms with Crippen LogP contribution in [-0.4, -0.2) is 43.7 Å². The van der Waals surface area contributed by atoms with Crippen LogP contribution in [0.25, 0.3) is 0 Å². The Morgan fingerprint density at radius 2 is 2.04 bits per heavy atom. The molecule has 3 unspecified atom stereocenters. The van der Waals surface area contributed by atoms with E-state index in [1.807, 2.05) is 6.92 Å². The lowest BCUT2D eigenvalue weighted by molar-refractivity contribution is 0.0328. The van der Waals surface area contributed by atoms with Crippen molar-refractivity contribution in [2.24, 2.45) is 11.8 Å². The Labute approximate surface area is 145 Å². The number of hydrogen-bond acceptors (Lipinski definition) is 5. The molecular formula is C19H30N2O3. The fraction of sp³-hybridized carbons (Fsp3) is 0.632. The zero-order chi connectivity index (χ0) is 17.9. The average molecular weight is 334 g/mol. The maximum absolute atomic E-state index is 12.4. The second-order valence-electron chi connectivity index (χ2n) is 6.87. The normalized spacial score (nSPS) is 25.6.